The van der Waals surface area contributed by atoms with E-state index >= 15 is 0 Å². The van der Waals surface area contributed by atoms with Gasteiger partial charge in [-0.2, -0.15) is 5.26 Å². The van der Waals surface area contributed by atoms with Crippen LogP contribution in [0.2, 0.25) is 0 Å². The van der Waals surface area contributed by atoms with Gasteiger partial charge in [0.2, 0.25) is 0 Å². The molecule has 280 valence electrons. The molecule has 5 heteroatoms. The normalized spacial score (nSPS) is 11.3. The Morgan fingerprint density at radius 3 is 1.85 bits per heavy atom. The smallest absolute Gasteiger partial charge is 0.164 e. The minimum absolute atomic E-state index is 0.509. The second kappa shape index (κ2) is 15.2. The summed E-state index contributed by atoms with van der Waals surface area (Å²) >= 11 is 0. The number of terminal acetylenes is 1. The summed E-state index contributed by atoms with van der Waals surface area (Å²) in [6.07, 6.45) is 9.93. The van der Waals surface area contributed by atoms with E-state index in [1.54, 1.807) is 0 Å². The molecular weight excluding hydrogens is 733 g/mol. The largest absolute Gasteiger partial charge is 0.456 e. The van der Waals surface area contributed by atoms with Gasteiger partial charge >= 0.3 is 0 Å². The number of nitriles is 1. The van der Waals surface area contributed by atoms with E-state index in [0.717, 1.165) is 82.8 Å². The first-order valence-corrected chi connectivity index (χ1v) is 19.7. The molecule has 0 saturated heterocycles. The molecule has 10 rings (SSSR count). The van der Waals surface area contributed by atoms with Crippen LogP contribution in [0.1, 0.15) is 23.6 Å². The highest BCUT2D eigenvalue weighted by Gasteiger charge is 2.18. The second-order valence-corrected chi connectivity index (χ2v) is 14.6. The van der Waals surface area contributed by atoms with Crippen molar-refractivity contribution in [2.75, 3.05) is 0 Å². The first-order chi connectivity index (χ1) is 29.6. The van der Waals surface area contributed by atoms with Crippen molar-refractivity contribution in [1.29, 1.82) is 5.26 Å². The highest BCUT2D eigenvalue weighted by molar-refractivity contribution is 6.13. The predicted octanol–water partition coefficient (Wildman–Crippen LogP) is 13.8. The minimum Gasteiger partial charge on any atom is -0.456 e. The Morgan fingerprint density at radius 2 is 1.10 bits per heavy atom. The summed E-state index contributed by atoms with van der Waals surface area (Å²) in [6, 6.07) is 59.6. The Balaban J connectivity index is 1.11. The highest BCUT2D eigenvalue weighted by atomic mass is 16.3. The Kier molecular flexibility index (Phi) is 9.10. The number of hydrogen-bond donors (Lipinski definition) is 0. The van der Waals surface area contributed by atoms with Crippen molar-refractivity contribution in [2.45, 2.75) is 6.92 Å². The molecule has 0 aliphatic carbocycles. The molecular formula is C55H34N4O. The fraction of sp³-hybridized carbons (Fsp3) is 0.0182. The van der Waals surface area contributed by atoms with Crippen molar-refractivity contribution in [3.05, 3.63) is 193 Å². The zero-order valence-electron chi connectivity index (χ0n) is 32.6. The van der Waals surface area contributed by atoms with Gasteiger partial charge in [0.15, 0.2) is 17.5 Å². The molecule has 0 N–H and O–H groups in total. The first-order valence-electron chi connectivity index (χ1n) is 19.7. The molecule has 60 heavy (non-hydrogen) atoms. The van der Waals surface area contributed by atoms with Crippen LogP contribution in [0.4, 0.5) is 0 Å². The number of allylic oxidation sites excluding steroid dienone is 1. The molecule has 8 aromatic carbocycles. The lowest BCUT2D eigenvalue weighted by atomic mass is 9.96. The van der Waals surface area contributed by atoms with Gasteiger partial charge in [0.25, 0.3) is 0 Å². The van der Waals surface area contributed by atoms with Crippen LogP contribution < -0.4 is 0 Å². The average molecular weight is 767 g/mol. The summed E-state index contributed by atoms with van der Waals surface area (Å²) in [5.74, 6) is 4.37. The molecule has 10 aromatic rings. The molecule has 0 bridgehead atoms. The highest BCUT2D eigenvalue weighted by Crippen LogP contribution is 2.39. The zero-order valence-corrected chi connectivity index (χ0v) is 32.6. The molecule has 0 aliphatic heterocycles. The molecule has 2 heterocycles. The molecule has 0 amide bonds. The number of rotatable bonds is 7. The molecule has 0 atom stereocenters. The summed E-state index contributed by atoms with van der Waals surface area (Å²) in [7, 11) is 0. The summed E-state index contributed by atoms with van der Waals surface area (Å²) < 4.78 is 6.57. The van der Waals surface area contributed by atoms with Gasteiger partial charge < -0.3 is 4.42 Å². The van der Waals surface area contributed by atoms with Crippen LogP contribution in [0.15, 0.2) is 180 Å². The third kappa shape index (κ3) is 6.47. The van der Waals surface area contributed by atoms with Gasteiger partial charge in [0, 0.05) is 33.0 Å². The second-order valence-electron chi connectivity index (χ2n) is 14.6. The van der Waals surface area contributed by atoms with Crippen molar-refractivity contribution in [3.8, 4) is 86.0 Å². The molecule has 0 unspecified atom stereocenters. The topological polar surface area (TPSA) is 75.6 Å². The lowest BCUT2D eigenvalue weighted by Gasteiger charge is -2.11. The molecule has 5 nitrogen and oxygen atoms in total. The average Bonchev–Trinajstić information content (AvgIpc) is 3.70. The van der Waals surface area contributed by atoms with Crippen LogP contribution >= 0.6 is 0 Å². The quantitative estimate of drug-likeness (QED) is 0.151. The minimum atomic E-state index is 0.509. The van der Waals surface area contributed by atoms with Gasteiger partial charge in [-0.1, -0.05) is 145 Å². The monoisotopic (exact) mass is 766 g/mol. The van der Waals surface area contributed by atoms with Crippen LogP contribution in [0.25, 0.3) is 106 Å². The standard InChI is InChI=1S/C55H34N4O/c1-3-12-46-35(4-2)21-26-40-32-42(27-29-47(40)46)54-57-53(41-17-10-16-39(31-41)45-18-9-8-15-44(45)34-56)58-55(59-54)43-28-30-49-51(33-43)60-50-20-11-19-48(52(49)50)38-24-22-37(23-25-38)36-13-6-5-7-14-36/h2-3,5-33H,1H3/b12-3-. The third-order valence-corrected chi connectivity index (χ3v) is 11.0. The molecule has 0 fully saturated rings. The van der Waals surface area contributed by atoms with E-state index < -0.39 is 0 Å². The van der Waals surface area contributed by atoms with Gasteiger partial charge in [-0.3, -0.25) is 0 Å². The molecule has 0 aliphatic rings. The first kappa shape index (κ1) is 36.0. The number of benzene rings is 8. The Bertz CT molecular complexity index is 3400. The fourth-order valence-electron chi connectivity index (χ4n) is 8.06. The number of nitrogens with zero attached hydrogens (tertiary/aromatic N) is 4. The van der Waals surface area contributed by atoms with Crippen molar-refractivity contribution in [2.24, 2.45) is 0 Å². The van der Waals surface area contributed by atoms with Crippen LogP contribution in [-0.2, 0) is 0 Å². The van der Waals surface area contributed by atoms with Crippen LogP contribution in [0.3, 0.4) is 0 Å². The van der Waals surface area contributed by atoms with Gasteiger partial charge in [-0.15, -0.1) is 6.42 Å². The Morgan fingerprint density at radius 1 is 0.500 bits per heavy atom. The van der Waals surface area contributed by atoms with E-state index in [0.29, 0.717) is 23.0 Å². The number of hydrogen-bond acceptors (Lipinski definition) is 5. The van der Waals surface area contributed by atoms with E-state index in [1.807, 2.05) is 110 Å². The number of fused-ring (bicyclic) bond motifs is 4. The Labute approximate surface area is 347 Å². The maximum Gasteiger partial charge on any atom is 0.164 e. The predicted molar refractivity (Wildman–Crippen MR) is 245 cm³/mol. The molecule has 0 saturated carbocycles. The van der Waals surface area contributed by atoms with E-state index in [4.69, 9.17) is 25.8 Å². The Hall–Kier alpha value is -8.38. The fourth-order valence-corrected chi connectivity index (χ4v) is 8.06. The van der Waals surface area contributed by atoms with Crippen LogP contribution in [0.5, 0.6) is 0 Å². The van der Waals surface area contributed by atoms with Crippen LogP contribution in [-0.4, -0.2) is 15.0 Å². The molecule has 0 spiro atoms. The van der Waals surface area contributed by atoms with Gasteiger partial charge in [0.1, 0.15) is 11.2 Å². The van der Waals surface area contributed by atoms with E-state index in [9.17, 15) is 5.26 Å². The SMILES string of the molecule is C#Cc1ccc2cc(-c3nc(-c4cccc(-c5ccccc5C#N)c4)nc(-c4ccc5c(c4)oc4cccc(-c6ccc(-c7ccccc7)cc6)c45)n3)ccc2c1/C=C\C. The summed E-state index contributed by atoms with van der Waals surface area (Å²) in [6.45, 7) is 1.99. The number of furan rings is 1. The summed E-state index contributed by atoms with van der Waals surface area (Å²) in [4.78, 5) is 15.3. The zero-order chi connectivity index (χ0) is 40.6. The van der Waals surface area contributed by atoms with Crippen molar-refractivity contribution < 1.29 is 4.42 Å². The van der Waals surface area contributed by atoms with Crippen molar-refractivity contribution in [1.82, 2.24) is 15.0 Å². The van der Waals surface area contributed by atoms with E-state index in [-0.39, 0.29) is 0 Å². The van der Waals surface area contributed by atoms with Crippen molar-refractivity contribution >= 4 is 38.8 Å². The van der Waals surface area contributed by atoms with Gasteiger partial charge in [-0.25, -0.2) is 15.0 Å². The lowest BCUT2D eigenvalue weighted by Crippen LogP contribution is -2.00. The van der Waals surface area contributed by atoms with Gasteiger partial charge in [-0.05, 0) is 99.1 Å². The molecule has 2 aromatic heterocycles. The number of aromatic nitrogens is 3. The van der Waals surface area contributed by atoms with E-state index in [1.165, 1.54) is 11.1 Å². The lowest BCUT2D eigenvalue weighted by molar-refractivity contribution is 0.669. The maximum atomic E-state index is 9.88. The third-order valence-electron chi connectivity index (χ3n) is 11.0. The summed E-state index contributed by atoms with van der Waals surface area (Å²) in [5, 5.41) is 14.0. The van der Waals surface area contributed by atoms with E-state index in [2.05, 4.69) is 90.9 Å². The van der Waals surface area contributed by atoms with Crippen molar-refractivity contribution in [3.63, 3.8) is 0 Å². The summed E-state index contributed by atoms with van der Waals surface area (Å²) in [5.41, 5.74) is 12.7. The van der Waals surface area contributed by atoms with Gasteiger partial charge in [0.05, 0.1) is 11.6 Å². The maximum absolute atomic E-state index is 9.88. The van der Waals surface area contributed by atoms with Crippen LogP contribution in [0, 0.1) is 23.7 Å². The molecule has 0 radical (unpaired) electrons.